The Bertz CT molecular complexity index is 204. The standard InChI is InChI=1S/C6H6Br2Cl2O2/c7-4(6(8,9)10)2-1-3(2)5(11)12/h2-4H,1H2,(H,11,12). The number of carboxylic acid groups (broad SMARTS) is 1. The van der Waals surface area contributed by atoms with Crippen LogP contribution in [0.5, 0.6) is 0 Å². The van der Waals surface area contributed by atoms with Crippen molar-refractivity contribution in [2.24, 2.45) is 11.8 Å². The Hall–Kier alpha value is 1.01. The molecule has 2 nitrogen and oxygen atoms in total. The van der Waals surface area contributed by atoms with Gasteiger partial charge in [0.2, 0.25) is 0 Å². The van der Waals surface area contributed by atoms with Crippen molar-refractivity contribution >= 4 is 61.0 Å². The van der Waals surface area contributed by atoms with Crippen LogP contribution in [0.15, 0.2) is 0 Å². The topological polar surface area (TPSA) is 37.3 Å². The molecular weight excluding hydrogens is 335 g/mol. The number of aliphatic carboxylic acids is 1. The molecule has 1 N–H and O–H groups in total. The Labute approximate surface area is 96.9 Å². The van der Waals surface area contributed by atoms with E-state index in [0.717, 1.165) is 0 Å². The Balaban J connectivity index is 2.49. The highest BCUT2D eigenvalue weighted by molar-refractivity contribution is 9.13. The minimum atomic E-state index is -1.08. The van der Waals surface area contributed by atoms with Gasteiger partial charge in [-0.15, -0.1) is 0 Å². The smallest absolute Gasteiger partial charge is 0.306 e. The molecule has 6 heteroatoms. The molecule has 3 atom stereocenters. The summed E-state index contributed by atoms with van der Waals surface area (Å²) in [6, 6.07) is 0. The third-order valence-electron chi connectivity index (χ3n) is 1.85. The number of hydrogen-bond donors (Lipinski definition) is 1. The number of alkyl halides is 4. The fraction of sp³-hybridized carbons (Fsp3) is 0.833. The van der Waals surface area contributed by atoms with Crippen LogP contribution in [0.3, 0.4) is 0 Å². The summed E-state index contributed by atoms with van der Waals surface area (Å²) in [5.74, 6) is -1.06. The van der Waals surface area contributed by atoms with Gasteiger partial charge in [0.05, 0.1) is 10.7 Å². The second kappa shape index (κ2) is 3.64. The molecule has 1 rings (SSSR count). The van der Waals surface area contributed by atoms with E-state index in [2.05, 4.69) is 31.9 Å². The largest absolute Gasteiger partial charge is 0.481 e. The first kappa shape index (κ1) is 11.1. The quantitative estimate of drug-likeness (QED) is 0.802. The first-order valence-electron chi connectivity index (χ1n) is 3.27. The number of hydrogen-bond acceptors (Lipinski definition) is 1. The highest BCUT2D eigenvalue weighted by Crippen LogP contribution is 2.52. The molecule has 1 aliphatic rings. The minimum absolute atomic E-state index is 0.0249. The van der Waals surface area contributed by atoms with E-state index < -0.39 is 9.21 Å². The molecule has 0 spiro atoms. The zero-order chi connectivity index (χ0) is 9.52. The molecule has 0 aromatic rings. The summed E-state index contributed by atoms with van der Waals surface area (Å²) in [6.07, 6.45) is 0.637. The van der Waals surface area contributed by atoms with Gasteiger partial charge in [-0.3, -0.25) is 4.79 Å². The summed E-state index contributed by atoms with van der Waals surface area (Å²) in [4.78, 5) is 10.3. The second-order valence-electron chi connectivity index (χ2n) is 2.79. The summed E-state index contributed by atoms with van der Waals surface area (Å²) >= 11 is 17.8. The van der Waals surface area contributed by atoms with Crippen LogP contribution in [0, 0.1) is 11.8 Å². The Kier molecular flexibility index (Phi) is 3.36. The molecular formula is C6H6Br2Cl2O2. The molecule has 1 saturated carbocycles. The van der Waals surface area contributed by atoms with Gasteiger partial charge in [0.1, 0.15) is 0 Å². The van der Waals surface area contributed by atoms with Gasteiger partial charge in [-0.25, -0.2) is 0 Å². The summed E-state index contributed by atoms with van der Waals surface area (Å²) in [5.41, 5.74) is 0. The van der Waals surface area contributed by atoms with E-state index in [1.165, 1.54) is 0 Å². The Morgan fingerprint density at radius 1 is 1.67 bits per heavy atom. The molecule has 0 heterocycles. The molecule has 1 aliphatic carbocycles. The maximum Gasteiger partial charge on any atom is 0.306 e. The lowest BCUT2D eigenvalue weighted by molar-refractivity contribution is -0.138. The Morgan fingerprint density at radius 2 is 2.17 bits per heavy atom. The summed E-state index contributed by atoms with van der Waals surface area (Å²) in [6.45, 7) is 0. The van der Waals surface area contributed by atoms with Gasteiger partial charge in [-0.05, 0) is 28.3 Å². The molecule has 70 valence electrons. The summed E-state index contributed by atoms with van der Waals surface area (Å²) in [7, 11) is 0. The van der Waals surface area contributed by atoms with Gasteiger partial charge in [0.25, 0.3) is 0 Å². The van der Waals surface area contributed by atoms with Crippen LogP contribution in [0.1, 0.15) is 6.42 Å². The monoisotopic (exact) mass is 338 g/mol. The lowest BCUT2D eigenvalue weighted by atomic mass is 10.2. The van der Waals surface area contributed by atoms with Gasteiger partial charge < -0.3 is 5.11 Å². The van der Waals surface area contributed by atoms with Crippen LogP contribution < -0.4 is 0 Å². The molecule has 0 aromatic carbocycles. The second-order valence-corrected chi connectivity index (χ2v) is 7.32. The average Bonchev–Trinajstić information content (AvgIpc) is 2.61. The third-order valence-corrected chi connectivity index (χ3v) is 5.32. The van der Waals surface area contributed by atoms with Crippen LogP contribution in [0.2, 0.25) is 0 Å². The number of rotatable bonds is 3. The predicted octanol–water partition coefficient (Wildman–Crippen LogP) is 3.00. The lowest BCUT2D eigenvalue weighted by Gasteiger charge is -2.17. The van der Waals surface area contributed by atoms with Crippen LogP contribution in [-0.4, -0.2) is 19.1 Å². The van der Waals surface area contributed by atoms with Crippen LogP contribution >= 0.6 is 55.1 Å². The van der Waals surface area contributed by atoms with Crippen LogP contribution in [-0.2, 0) is 4.79 Å². The molecule has 0 bridgehead atoms. The first-order valence-corrected chi connectivity index (χ1v) is 5.74. The van der Waals surface area contributed by atoms with Crippen molar-refractivity contribution in [3.8, 4) is 0 Å². The van der Waals surface area contributed by atoms with Gasteiger partial charge in [-0.2, -0.15) is 0 Å². The average molecular weight is 341 g/mol. The number of carboxylic acids is 1. The van der Waals surface area contributed by atoms with Crippen molar-refractivity contribution in [1.82, 2.24) is 0 Å². The van der Waals surface area contributed by atoms with Crippen molar-refractivity contribution < 1.29 is 9.90 Å². The van der Waals surface area contributed by atoms with Crippen molar-refractivity contribution in [2.45, 2.75) is 14.5 Å². The van der Waals surface area contributed by atoms with Gasteiger partial charge in [0, 0.05) is 0 Å². The van der Waals surface area contributed by atoms with Gasteiger partial charge in [0.15, 0.2) is 3.24 Å². The number of carbonyl (C=O) groups is 1. The maximum atomic E-state index is 10.5. The first-order chi connectivity index (χ1) is 5.34. The molecule has 12 heavy (non-hydrogen) atoms. The molecule has 0 aromatic heterocycles. The molecule has 0 aliphatic heterocycles. The van der Waals surface area contributed by atoms with E-state index in [4.69, 9.17) is 28.3 Å². The normalized spacial score (nSPS) is 31.3. The molecule has 0 saturated heterocycles. The maximum absolute atomic E-state index is 10.5. The zero-order valence-corrected chi connectivity index (χ0v) is 10.5. The highest BCUT2D eigenvalue weighted by Gasteiger charge is 2.52. The summed E-state index contributed by atoms with van der Waals surface area (Å²) in [5, 5.41) is 8.62. The SMILES string of the molecule is O=C(O)C1CC1C(Br)C(Cl)(Cl)Br. The molecule has 0 amide bonds. The van der Waals surface area contributed by atoms with E-state index in [9.17, 15) is 4.79 Å². The van der Waals surface area contributed by atoms with Crippen molar-refractivity contribution in [2.75, 3.05) is 0 Å². The fourth-order valence-corrected chi connectivity index (χ4v) is 2.31. The van der Waals surface area contributed by atoms with E-state index in [-0.39, 0.29) is 16.7 Å². The van der Waals surface area contributed by atoms with E-state index in [0.29, 0.717) is 6.42 Å². The van der Waals surface area contributed by atoms with Crippen molar-refractivity contribution in [3.63, 3.8) is 0 Å². The van der Waals surface area contributed by atoms with E-state index in [1.807, 2.05) is 0 Å². The minimum Gasteiger partial charge on any atom is -0.481 e. The third kappa shape index (κ3) is 2.50. The molecule has 1 fully saturated rings. The zero-order valence-electron chi connectivity index (χ0n) is 5.81. The van der Waals surface area contributed by atoms with Crippen molar-refractivity contribution in [1.29, 1.82) is 0 Å². The van der Waals surface area contributed by atoms with E-state index >= 15 is 0 Å². The lowest BCUT2D eigenvalue weighted by Crippen LogP contribution is -2.22. The predicted molar refractivity (Wildman–Crippen MR) is 55.3 cm³/mol. The van der Waals surface area contributed by atoms with Gasteiger partial charge >= 0.3 is 5.97 Å². The molecule has 3 unspecified atom stereocenters. The summed E-state index contributed by atoms with van der Waals surface area (Å²) < 4.78 is -1.08. The van der Waals surface area contributed by atoms with Crippen LogP contribution in [0.4, 0.5) is 0 Å². The van der Waals surface area contributed by atoms with Crippen molar-refractivity contribution in [3.05, 3.63) is 0 Å². The highest BCUT2D eigenvalue weighted by atomic mass is 79.9. The van der Waals surface area contributed by atoms with Crippen LogP contribution in [0.25, 0.3) is 0 Å². The molecule has 0 radical (unpaired) electrons. The van der Waals surface area contributed by atoms with Gasteiger partial charge in [-0.1, -0.05) is 39.1 Å². The number of halogens is 4. The Morgan fingerprint density at radius 3 is 2.42 bits per heavy atom. The fourth-order valence-electron chi connectivity index (χ4n) is 1.06. The van der Waals surface area contributed by atoms with E-state index in [1.54, 1.807) is 0 Å².